The minimum Gasteiger partial charge on any atom is -0.395 e. The van der Waals surface area contributed by atoms with E-state index in [2.05, 4.69) is 30.9 Å². The molecule has 2 heterocycles. The second-order valence-corrected chi connectivity index (χ2v) is 5.40. The molecule has 9 heteroatoms. The van der Waals surface area contributed by atoms with E-state index in [0.29, 0.717) is 30.9 Å². The average Bonchev–Trinajstić information content (AvgIpc) is 3.09. The molecule has 1 aromatic rings. The van der Waals surface area contributed by atoms with Crippen molar-refractivity contribution in [3.8, 4) is 0 Å². The number of nitrogens with one attached hydrogen (secondary N) is 3. The zero-order chi connectivity index (χ0) is 16.5. The molecule has 1 unspecified atom stereocenters. The third-order valence-corrected chi connectivity index (χ3v) is 3.59. The summed E-state index contributed by atoms with van der Waals surface area (Å²) in [7, 11) is 0. The fourth-order valence-electron chi connectivity index (χ4n) is 2.24. The molecule has 130 valence electrons. The van der Waals surface area contributed by atoms with Crippen LogP contribution in [-0.4, -0.2) is 70.2 Å². The lowest BCUT2D eigenvalue weighted by molar-refractivity contribution is 0.120. The van der Waals surface area contributed by atoms with Crippen molar-refractivity contribution in [2.45, 2.75) is 38.3 Å². The van der Waals surface area contributed by atoms with Gasteiger partial charge in [-0.1, -0.05) is 6.92 Å². The number of hydrogen-bond acceptors (Lipinski definition) is 9. The highest BCUT2D eigenvalue weighted by Crippen LogP contribution is 2.14. The second kappa shape index (κ2) is 9.43. The SMILES string of the molecule is CC[C@H](CO)Nc1nc(NCCO)nc(NCC2CCCO2)n1. The summed E-state index contributed by atoms with van der Waals surface area (Å²) in [4.78, 5) is 12.9. The van der Waals surface area contributed by atoms with Crippen molar-refractivity contribution in [3.05, 3.63) is 0 Å². The third-order valence-electron chi connectivity index (χ3n) is 3.59. The van der Waals surface area contributed by atoms with E-state index in [4.69, 9.17) is 9.84 Å². The van der Waals surface area contributed by atoms with Crippen LogP contribution in [0.1, 0.15) is 26.2 Å². The molecular formula is C14H26N6O3. The molecule has 0 aliphatic carbocycles. The van der Waals surface area contributed by atoms with E-state index in [0.717, 1.165) is 25.9 Å². The Morgan fingerprint density at radius 3 is 2.52 bits per heavy atom. The quantitative estimate of drug-likeness (QED) is 0.405. The van der Waals surface area contributed by atoms with E-state index in [-0.39, 0.29) is 25.4 Å². The average molecular weight is 326 g/mol. The number of nitrogens with zero attached hydrogens (tertiary/aromatic N) is 3. The van der Waals surface area contributed by atoms with Crippen molar-refractivity contribution in [1.82, 2.24) is 15.0 Å². The van der Waals surface area contributed by atoms with Crippen LogP contribution < -0.4 is 16.0 Å². The van der Waals surface area contributed by atoms with Crippen LogP contribution in [0.25, 0.3) is 0 Å². The van der Waals surface area contributed by atoms with Crippen LogP contribution in [0, 0.1) is 0 Å². The van der Waals surface area contributed by atoms with Crippen molar-refractivity contribution in [2.24, 2.45) is 0 Å². The maximum Gasteiger partial charge on any atom is 0.229 e. The van der Waals surface area contributed by atoms with E-state index in [1.807, 2.05) is 6.92 Å². The van der Waals surface area contributed by atoms with E-state index >= 15 is 0 Å². The normalized spacial score (nSPS) is 18.7. The summed E-state index contributed by atoms with van der Waals surface area (Å²) >= 11 is 0. The number of aliphatic hydroxyl groups is 2. The van der Waals surface area contributed by atoms with Gasteiger partial charge >= 0.3 is 0 Å². The molecule has 0 saturated carbocycles. The summed E-state index contributed by atoms with van der Waals surface area (Å²) in [6, 6.07) is -0.117. The van der Waals surface area contributed by atoms with E-state index in [1.54, 1.807) is 0 Å². The monoisotopic (exact) mass is 326 g/mol. The number of ether oxygens (including phenoxy) is 1. The fraction of sp³-hybridized carbons (Fsp3) is 0.786. The standard InChI is InChI=1S/C14H26N6O3/c1-2-10(9-22)17-14-19-12(15-5-6-21)18-13(20-14)16-8-11-4-3-7-23-11/h10-11,21-22H,2-9H2,1H3,(H3,15,16,17,18,19,20)/t10-,11?/m1/s1. The molecule has 23 heavy (non-hydrogen) atoms. The van der Waals surface area contributed by atoms with E-state index in [1.165, 1.54) is 0 Å². The molecule has 1 aliphatic rings. The summed E-state index contributed by atoms with van der Waals surface area (Å²) in [5.74, 6) is 1.20. The van der Waals surface area contributed by atoms with Gasteiger partial charge in [0.2, 0.25) is 17.8 Å². The van der Waals surface area contributed by atoms with Gasteiger partial charge < -0.3 is 30.9 Å². The number of hydrogen-bond donors (Lipinski definition) is 5. The molecule has 9 nitrogen and oxygen atoms in total. The van der Waals surface area contributed by atoms with Gasteiger partial charge in [0.1, 0.15) is 0 Å². The van der Waals surface area contributed by atoms with Crippen molar-refractivity contribution in [3.63, 3.8) is 0 Å². The maximum atomic E-state index is 9.30. The van der Waals surface area contributed by atoms with Crippen LogP contribution in [0.4, 0.5) is 17.8 Å². The Hall–Kier alpha value is -1.71. The molecule has 0 amide bonds. The van der Waals surface area contributed by atoms with Crippen LogP contribution in [-0.2, 0) is 4.74 Å². The first kappa shape index (κ1) is 17.6. The van der Waals surface area contributed by atoms with Crippen molar-refractivity contribution in [2.75, 3.05) is 48.9 Å². The maximum absolute atomic E-state index is 9.30. The van der Waals surface area contributed by atoms with Gasteiger partial charge in [0.05, 0.1) is 25.4 Å². The molecule has 5 N–H and O–H groups in total. The van der Waals surface area contributed by atoms with Crippen molar-refractivity contribution < 1.29 is 14.9 Å². The molecule has 1 fully saturated rings. The summed E-state index contributed by atoms with van der Waals surface area (Å²) < 4.78 is 5.57. The Labute approximate surface area is 135 Å². The zero-order valence-corrected chi connectivity index (χ0v) is 13.5. The van der Waals surface area contributed by atoms with Gasteiger partial charge in [-0.05, 0) is 19.3 Å². The minimum atomic E-state index is -0.117. The van der Waals surface area contributed by atoms with Crippen molar-refractivity contribution in [1.29, 1.82) is 0 Å². The van der Waals surface area contributed by atoms with Crippen LogP contribution >= 0.6 is 0 Å². The molecule has 2 atom stereocenters. The topological polar surface area (TPSA) is 124 Å². The van der Waals surface area contributed by atoms with E-state index in [9.17, 15) is 5.11 Å². The summed E-state index contributed by atoms with van der Waals surface area (Å²) in [6.07, 6.45) is 3.04. The summed E-state index contributed by atoms with van der Waals surface area (Å²) in [5.41, 5.74) is 0. The molecule has 0 spiro atoms. The highest BCUT2D eigenvalue weighted by Gasteiger charge is 2.16. The van der Waals surface area contributed by atoms with Gasteiger partial charge in [-0.3, -0.25) is 0 Å². The Morgan fingerprint density at radius 1 is 1.17 bits per heavy atom. The lowest BCUT2D eigenvalue weighted by Gasteiger charge is -2.16. The Balaban J connectivity index is 2.04. The molecule has 0 radical (unpaired) electrons. The van der Waals surface area contributed by atoms with Gasteiger partial charge in [-0.2, -0.15) is 15.0 Å². The lowest BCUT2D eigenvalue weighted by Crippen LogP contribution is -2.25. The smallest absolute Gasteiger partial charge is 0.229 e. The number of aromatic nitrogens is 3. The number of aliphatic hydroxyl groups excluding tert-OH is 2. The van der Waals surface area contributed by atoms with Gasteiger partial charge in [-0.15, -0.1) is 0 Å². The van der Waals surface area contributed by atoms with Crippen LogP contribution in [0.5, 0.6) is 0 Å². The van der Waals surface area contributed by atoms with Gasteiger partial charge in [0.15, 0.2) is 0 Å². The Bertz CT molecular complexity index is 466. The van der Waals surface area contributed by atoms with Crippen molar-refractivity contribution >= 4 is 17.8 Å². The molecule has 1 saturated heterocycles. The third kappa shape index (κ3) is 5.77. The second-order valence-electron chi connectivity index (χ2n) is 5.40. The molecule has 0 bridgehead atoms. The van der Waals surface area contributed by atoms with Gasteiger partial charge in [-0.25, -0.2) is 0 Å². The zero-order valence-electron chi connectivity index (χ0n) is 13.5. The molecule has 1 aliphatic heterocycles. The fourth-order valence-corrected chi connectivity index (χ4v) is 2.24. The largest absolute Gasteiger partial charge is 0.395 e. The predicted octanol–water partition coefficient (Wildman–Crippen LogP) is 0.0495. The molecule has 2 rings (SSSR count). The minimum absolute atomic E-state index is 0.000259. The Kier molecular flexibility index (Phi) is 7.24. The van der Waals surface area contributed by atoms with Crippen LogP contribution in [0.3, 0.4) is 0 Å². The Morgan fingerprint density at radius 2 is 1.91 bits per heavy atom. The highest BCUT2D eigenvalue weighted by molar-refractivity contribution is 5.42. The summed E-state index contributed by atoms with van der Waals surface area (Å²) in [6.45, 7) is 3.75. The number of anilines is 3. The first-order chi connectivity index (χ1) is 11.2. The van der Waals surface area contributed by atoms with Gasteiger partial charge in [0, 0.05) is 19.7 Å². The first-order valence-electron chi connectivity index (χ1n) is 8.08. The highest BCUT2D eigenvalue weighted by atomic mass is 16.5. The van der Waals surface area contributed by atoms with Crippen LogP contribution in [0.15, 0.2) is 0 Å². The number of rotatable bonds is 10. The molecule has 1 aromatic heterocycles. The van der Waals surface area contributed by atoms with Gasteiger partial charge in [0.25, 0.3) is 0 Å². The predicted molar refractivity (Wildman–Crippen MR) is 87.7 cm³/mol. The molecule has 0 aromatic carbocycles. The molecular weight excluding hydrogens is 300 g/mol. The lowest BCUT2D eigenvalue weighted by atomic mass is 10.2. The van der Waals surface area contributed by atoms with Crippen LogP contribution in [0.2, 0.25) is 0 Å². The van der Waals surface area contributed by atoms with E-state index < -0.39 is 0 Å². The first-order valence-corrected chi connectivity index (χ1v) is 8.08. The summed E-state index contributed by atoms with van der Waals surface area (Å²) in [5, 5.41) is 27.4.